The van der Waals surface area contributed by atoms with Gasteiger partial charge < -0.3 is 0 Å². The molecule has 0 saturated carbocycles. The first-order valence-electron chi connectivity index (χ1n) is 5.45. The Morgan fingerprint density at radius 3 is 1.33 bits per heavy atom. The first-order valence-corrected chi connectivity index (χ1v) is 6.45. The second kappa shape index (κ2) is 7.82. The average Bonchev–Trinajstić information content (AvgIpc) is 2.39. The van der Waals surface area contributed by atoms with Gasteiger partial charge in [0.05, 0.1) is 0 Å². The molecule has 0 amide bonds. The summed E-state index contributed by atoms with van der Waals surface area (Å²) < 4.78 is -0.694. The van der Waals surface area contributed by atoms with Crippen molar-refractivity contribution in [1.82, 2.24) is 0 Å². The van der Waals surface area contributed by atoms with Crippen molar-refractivity contribution >= 4 is 36.9 Å². The number of benzene rings is 2. The molecule has 0 atom stereocenters. The summed E-state index contributed by atoms with van der Waals surface area (Å²) in [6, 6.07) is 18.6. The molecular formula is C14H11NaO3. The fraction of sp³-hybridized carbons (Fsp3) is 0. The monoisotopic (exact) mass is 250 g/mol. The zero-order valence-electron chi connectivity index (χ0n) is 10.0. The topological polar surface area (TPSA) is 54.4 Å². The van der Waals surface area contributed by atoms with Crippen LogP contribution in [0.2, 0.25) is 0 Å². The standard InChI is InChI=1S/C13H10O.CHO2.Na/c14-13(11-7-3-1-4-8-11)12-9-5-2-6-10-12;2-1-3;/h1-10H;(H,2,3);. The molecule has 86 valence electrons. The Morgan fingerprint density at radius 1 is 0.778 bits per heavy atom. The quantitative estimate of drug-likeness (QED) is 0.658. The second-order valence-corrected chi connectivity index (χ2v) is 4.44. The molecule has 2 aromatic rings. The molecule has 0 saturated heterocycles. The summed E-state index contributed by atoms with van der Waals surface area (Å²) in [5.41, 5.74) is 1.47. The summed E-state index contributed by atoms with van der Waals surface area (Å²) in [6.45, 7) is 0. The maximum atomic E-state index is 11.8. The molecule has 0 aliphatic carbocycles. The van der Waals surface area contributed by atoms with E-state index in [1.54, 1.807) is 0 Å². The third kappa shape index (κ3) is 5.27. The number of carbonyl (C=O) groups is 2. The van der Waals surface area contributed by atoms with Gasteiger partial charge >= 0.3 is 41.1 Å². The third-order valence-corrected chi connectivity index (χ3v) is 2.07. The zero-order valence-corrected chi connectivity index (χ0v) is 12.0. The van der Waals surface area contributed by atoms with Gasteiger partial charge in [-0.2, -0.15) is 0 Å². The van der Waals surface area contributed by atoms with Crippen LogP contribution in [0.15, 0.2) is 60.7 Å². The summed E-state index contributed by atoms with van der Waals surface area (Å²) >= 11 is 0.265. The molecule has 0 aliphatic rings. The Bertz CT molecular complexity index is 464. The summed E-state index contributed by atoms with van der Waals surface area (Å²) in [7, 11) is 0. The first-order chi connectivity index (χ1) is 8.61. The Hall–Kier alpha value is -1.42. The van der Waals surface area contributed by atoms with Gasteiger partial charge in [0, 0.05) is 11.1 Å². The van der Waals surface area contributed by atoms with Crippen molar-refractivity contribution in [2.24, 2.45) is 0 Å². The van der Waals surface area contributed by atoms with Crippen LogP contribution in [0.3, 0.4) is 0 Å². The Labute approximate surface area is 123 Å². The van der Waals surface area contributed by atoms with E-state index in [0.29, 0.717) is 0 Å². The number of carbonyl (C=O) groups excluding carboxylic acids is 1. The fourth-order valence-electron chi connectivity index (χ4n) is 1.35. The fourth-order valence-corrected chi connectivity index (χ4v) is 1.35. The van der Waals surface area contributed by atoms with Crippen LogP contribution in [0.5, 0.6) is 0 Å². The number of rotatable bonds is 2. The van der Waals surface area contributed by atoms with Crippen LogP contribution in [-0.2, 0) is 0 Å². The Morgan fingerprint density at radius 2 is 1.06 bits per heavy atom. The van der Waals surface area contributed by atoms with Gasteiger partial charge in [-0.15, -0.1) is 0 Å². The van der Waals surface area contributed by atoms with Crippen LogP contribution >= 0.6 is 0 Å². The van der Waals surface area contributed by atoms with Crippen molar-refractivity contribution in [3.8, 4) is 0 Å². The van der Waals surface area contributed by atoms with Crippen molar-refractivity contribution < 1.29 is 14.7 Å². The predicted molar refractivity (Wildman–Crippen MR) is 70.1 cm³/mol. The van der Waals surface area contributed by atoms with Gasteiger partial charge in [0.15, 0.2) is 5.78 Å². The molecule has 18 heavy (non-hydrogen) atoms. The maximum absolute atomic E-state index is 11.8. The number of hydrogen-bond acceptors (Lipinski definition) is 2. The SMILES string of the molecule is O=C(c1ccccc1)c1ccccc1.O=[C](O)[Na]. The van der Waals surface area contributed by atoms with Crippen molar-refractivity contribution in [2.45, 2.75) is 0 Å². The second-order valence-electron chi connectivity index (χ2n) is 3.58. The summed E-state index contributed by atoms with van der Waals surface area (Å²) in [5.74, 6) is 0.0752. The van der Waals surface area contributed by atoms with E-state index >= 15 is 0 Å². The summed E-state index contributed by atoms with van der Waals surface area (Å²) in [6.07, 6.45) is 0. The minimum atomic E-state index is -0.694. The summed E-state index contributed by atoms with van der Waals surface area (Å²) in [5, 5.41) is 7.48. The van der Waals surface area contributed by atoms with E-state index in [4.69, 9.17) is 9.90 Å². The molecule has 0 aromatic heterocycles. The molecule has 0 radical (unpaired) electrons. The van der Waals surface area contributed by atoms with Gasteiger partial charge in [-0.25, -0.2) is 0 Å². The van der Waals surface area contributed by atoms with E-state index in [0.717, 1.165) is 11.1 Å². The van der Waals surface area contributed by atoms with E-state index < -0.39 is 3.22 Å². The van der Waals surface area contributed by atoms with Crippen molar-refractivity contribution in [3.63, 3.8) is 0 Å². The third-order valence-electron chi connectivity index (χ3n) is 2.07. The van der Waals surface area contributed by atoms with Crippen molar-refractivity contribution in [1.29, 1.82) is 0 Å². The zero-order chi connectivity index (χ0) is 13.4. The molecule has 0 unspecified atom stereocenters. The van der Waals surface area contributed by atoms with Gasteiger partial charge in [0.25, 0.3) is 0 Å². The van der Waals surface area contributed by atoms with E-state index in [2.05, 4.69) is 0 Å². The van der Waals surface area contributed by atoms with E-state index in [1.807, 2.05) is 60.7 Å². The number of hydrogen-bond donors (Lipinski definition) is 1. The van der Waals surface area contributed by atoms with E-state index in [-0.39, 0.29) is 33.7 Å². The molecule has 0 bridgehead atoms. The minimum absolute atomic E-state index is 0.0752. The molecule has 3 nitrogen and oxygen atoms in total. The van der Waals surface area contributed by atoms with Crippen LogP contribution in [0.25, 0.3) is 0 Å². The van der Waals surface area contributed by atoms with Gasteiger partial charge in [-0.05, 0) is 0 Å². The van der Waals surface area contributed by atoms with Gasteiger partial charge in [0.2, 0.25) is 0 Å². The molecule has 0 spiro atoms. The van der Waals surface area contributed by atoms with E-state index in [1.165, 1.54) is 0 Å². The number of ketones is 1. The molecule has 2 aromatic carbocycles. The van der Waals surface area contributed by atoms with Crippen LogP contribution < -0.4 is 0 Å². The van der Waals surface area contributed by atoms with Gasteiger partial charge in [-0.1, -0.05) is 60.7 Å². The van der Waals surface area contributed by atoms with Crippen LogP contribution in [0.4, 0.5) is 4.79 Å². The molecule has 0 fully saturated rings. The normalized spacial score (nSPS) is 9.00. The molecule has 4 heteroatoms. The summed E-state index contributed by atoms with van der Waals surface area (Å²) in [4.78, 5) is 20.9. The molecule has 0 aliphatic heterocycles. The Balaban J connectivity index is 0.000000357. The average molecular weight is 250 g/mol. The van der Waals surface area contributed by atoms with Crippen LogP contribution in [0.1, 0.15) is 15.9 Å². The molecule has 0 heterocycles. The van der Waals surface area contributed by atoms with Crippen LogP contribution in [0, 0.1) is 0 Å². The molecular weight excluding hydrogens is 239 g/mol. The predicted octanol–water partition coefficient (Wildman–Crippen LogP) is 2.75. The first kappa shape index (κ1) is 14.6. The van der Waals surface area contributed by atoms with Gasteiger partial charge in [-0.3, -0.25) is 4.79 Å². The molecule has 1 N–H and O–H groups in total. The van der Waals surface area contributed by atoms with Gasteiger partial charge in [0.1, 0.15) is 0 Å². The van der Waals surface area contributed by atoms with Crippen molar-refractivity contribution in [3.05, 3.63) is 71.8 Å². The van der Waals surface area contributed by atoms with E-state index in [9.17, 15) is 4.79 Å². The number of carboxylic acid groups (broad SMARTS) is 1. The Kier molecular flexibility index (Phi) is 6.36. The molecule has 2 rings (SSSR count). The van der Waals surface area contributed by atoms with Crippen LogP contribution in [-0.4, -0.2) is 42.0 Å². The van der Waals surface area contributed by atoms with Crippen molar-refractivity contribution in [2.75, 3.05) is 0 Å².